The van der Waals surface area contributed by atoms with Crippen molar-refractivity contribution < 1.29 is 25.3 Å². The minimum absolute atomic E-state index is 0. The first kappa shape index (κ1) is 12.6. The zero-order valence-corrected chi connectivity index (χ0v) is 7.26. The smallest absolute Gasteiger partial charge is 0.358 e. The van der Waals surface area contributed by atoms with Gasteiger partial charge in [-0.05, 0) is 0 Å². The second-order valence-electron chi connectivity index (χ2n) is 2.30. The van der Waals surface area contributed by atoms with Crippen LogP contribution in [0.25, 0.3) is 0 Å². The SMILES string of the molecule is Nc1nc(N)c(C(=O)O)nc1C(=O)O.O. The number of aromatic carboxylic acids is 2. The molecule has 1 heterocycles. The van der Waals surface area contributed by atoms with Gasteiger partial charge in [-0.3, -0.25) is 0 Å². The third-order valence-corrected chi connectivity index (χ3v) is 1.35. The molecule has 0 aromatic carbocycles. The maximum atomic E-state index is 10.5. The van der Waals surface area contributed by atoms with Crippen LogP contribution in [0, 0.1) is 0 Å². The Bertz CT molecular complexity index is 383. The molecule has 1 rings (SSSR count). The molecule has 0 bridgehead atoms. The Balaban J connectivity index is 0.00000196. The summed E-state index contributed by atoms with van der Waals surface area (Å²) in [6.07, 6.45) is 0. The first-order chi connectivity index (χ1) is 6.43. The van der Waals surface area contributed by atoms with Crippen molar-refractivity contribution in [3.63, 3.8) is 0 Å². The molecule has 0 atom stereocenters. The number of carbonyl (C=O) groups is 2. The van der Waals surface area contributed by atoms with E-state index in [2.05, 4.69) is 9.97 Å². The molecule has 1 aromatic rings. The molecule has 0 fully saturated rings. The zero-order valence-electron chi connectivity index (χ0n) is 7.26. The van der Waals surface area contributed by atoms with Crippen LogP contribution in [0.1, 0.15) is 21.0 Å². The second kappa shape index (κ2) is 4.19. The second-order valence-corrected chi connectivity index (χ2v) is 2.30. The summed E-state index contributed by atoms with van der Waals surface area (Å²) in [6, 6.07) is 0. The molecule has 0 amide bonds. The van der Waals surface area contributed by atoms with Crippen molar-refractivity contribution in [2.75, 3.05) is 11.5 Å². The number of carboxylic acids is 2. The molecule has 82 valence electrons. The summed E-state index contributed by atoms with van der Waals surface area (Å²) in [6.45, 7) is 0. The number of anilines is 2. The van der Waals surface area contributed by atoms with Gasteiger partial charge >= 0.3 is 11.9 Å². The van der Waals surface area contributed by atoms with E-state index >= 15 is 0 Å². The van der Waals surface area contributed by atoms with Crippen LogP contribution in [0.5, 0.6) is 0 Å². The largest absolute Gasteiger partial charge is 0.476 e. The van der Waals surface area contributed by atoms with Crippen LogP contribution in [-0.4, -0.2) is 37.6 Å². The number of aromatic nitrogens is 2. The Morgan fingerprint density at radius 1 is 0.933 bits per heavy atom. The number of rotatable bonds is 2. The standard InChI is InChI=1S/C6H6N4O4.H2O/c7-3-1(5(11)12)9-2(6(13)14)4(8)10-3;/h(H,11,12)(H,13,14)(H4,7,8,10);1H2. The van der Waals surface area contributed by atoms with Gasteiger partial charge in [0, 0.05) is 0 Å². The molecule has 0 unspecified atom stereocenters. The molecule has 0 radical (unpaired) electrons. The van der Waals surface area contributed by atoms with Crippen molar-refractivity contribution in [3.8, 4) is 0 Å². The van der Waals surface area contributed by atoms with Crippen molar-refractivity contribution in [2.45, 2.75) is 0 Å². The van der Waals surface area contributed by atoms with Gasteiger partial charge in [0.2, 0.25) is 0 Å². The van der Waals surface area contributed by atoms with Crippen molar-refractivity contribution >= 4 is 23.6 Å². The highest BCUT2D eigenvalue weighted by Gasteiger charge is 2.19. The lowest BCUT2D eigenvalue weighted by Crippen LogP contribution is -2.15. The Morgan fingerprint density at radius 2 is 1.27 bits per heavy atom. The lowest BCUT2D eigenvalue weighted by Gasteiger charge is -2.02. The van der Waals surface area contributed by atoms with Crippen LogP contribution in [0.15, 0.2) is 0 Å². The van der Waals surface area contributed by atoms with Crippen molar-refractivity contribution in [1.82, 2.24) is 9.97 Å². The predicted octanol–water partition coefficient (Wildman–Crippen LogP) is -1.79. The maximum absolute atomic E-state index is 10.5. The number of nitrogens with zero attached hydrogens (tertiary/aromatic N) is 2. The molecule has 0 aliphatic rings. The van der Waals surface area contributed by atoms with E-state index in [0.717, 1.165) is 0 Å². The number of carboxylic acid groups (broad SMARTS) is 2. The molecule has 8 N–H and O–H groups in total. The molecule has 9 nitrogen and oxygen atoms in total. The van der Waals surface area contributed by atoms with Crippen LogP contribution >= 0.6 is 0 Å². The molecule has 0 saturated heterocycles. The van der Waals surface area contributed by atoms with E-state index in [1.165, 1.54) is 0 Å². The number of nitrogen functional groups attached to an aromatic ring is 2. The van der Waals surface area contributed by atoms with Gasteiger partial charge in [0.25, 0.3) is 0 Å². The van der Waals surface area contributed by atoms with Gasteiger partial charge in [-0.25, -0.2) is 19.6 Å². The molecule has 15 heavy (non-hydrogen) atoms. The van der Waals surface area contributed by atoms with Crippen LogP contribution in [0.4, 0.5) is 11.6 Å². The molecular weight excluding hydrogens is 208 g/mol. The van der Waals surface area contributed by atoms with Crippen molar-refractivity contribution in [3.05, 3.63) is 11.4 Å². The van der Waals surface area contributed by atoms with Gasteiger partial charge in [-0.1, -0.05) is 0 Å². The van der Waals surface area contributed by atoms with Gasteiger partial charge in [-0.2, -0.15) is 0 Å². The van der Waals surface area contributed by atoms with E-state index in [1.54, 1.807) is 0 Å². The number of nitrogens with two attached hydrogens (primary N) is 2. The van der Waals surface area contributed by atoms with Crippen molar-refractivity contribution in [1.29, 1.82) is 0 Å². The number of hydrogen-bond acceptors (Lipinski definition) is 6. The quantitative estimate of drug-likeness (QED) is 0.446. The summed E-state index contributed by atoms with van der Waals surface area (Å²) in [4.78, 5) is 27.6. The average molecular weight is 216 g/mol. The highest BCUT2D eigenvalue weighted by atomic mass is 16.4. The number of hydrogen-bond donors (Lipinski definition) is 4. The van der Waals surface area contributed by atoms with Crippen molar-refractivity contribution in [2.24, 2.45) is 0 Å². The van der Waals surface area contributed by atoms with Gasteiger partial charge in [0.1, 0.15) is 0 Å². The third kappa shape index (κ3) is 2.28. The highest BCUT2D eigenvalue weighted by Crippen LogP contribution is 2.12. The third-order valence-electron chi connectivity index (χ3n) is 1.35. The fraction of sp³-hybridized carbons (Fsp3) is 0. The highest BCUT2D eigenvalue weighted by molar-refractivity contribution is 5.95. The zero-order chi connectivity index (χ0) is 10.9. The molecule has 9 heteroatoms. The van der Waals surface area contributed by atoms with Crippen LogP contribution in [-0.2, 0) is 0 Å². The van der Waals surface area contributed by atoms with E-state index in [9.17, 15) is 9.59 Å². The molecule has 0 aliphatic heterocycles. The average Bonchev–Trinajstić information content (AvgIpc) is 2.02. The summed E-state index contributed by atoms with van der Waals surface area (Å²) < 4.78 is 0. The fourth-order valence-electron chi connectivity index (χ4n) is 0.777. The molecule has 1 aromatic heterocycles. The van der Waals surface area contributed by atoms with E-state index in [4.69, 9.17) is 21.7 Å². The molecular formula is C6H8N4O5. The van der Waals surface area contributed by atoms with E-state index in [-0.39, 0.29) is 5.48 Å². The Hall–Kier alpha value is -2.42. The summed E-state index contributed by atoms with van der Waals surface area (Å²) in [5, 5.41) is 17.1. The van der Waals surface area contributed by atoms with E-state index in [0.29, 0.717) is 0 Å². The van der Waals surface area contributed by atoms with Gasteiger partial charge in [0.05, 0.1) is 0 Å². The maximum Gasteiger partial charge on any atom is 0.358 e. The Morgan fingerprint density at radius 3 is 1.53 bits per heavy atom. The molecule has 0 saturated carbocycles. The van der Waals surface area contributed by atoms with Gasteiger partial charge < -0.3 is 27.2 Å². The minimum Gasteiger partial charge on any atom is -0.476 e. The first-order valence-corrected chi connectivity index (χ1v) is 3.33. The van der Waals surface area contributed by atoms with Gasteiger partial charge in [0.15, 0.2) is 23.0 Å². The normalized spacial score (nSPS) is 9.07. The predicted molar refractivity (Wildman–Crippen MR) is 48.4 cm³/mol. The van der Waals surface area contributed by atoms with E-state index < -0.39 is 35.0 Å². The summed E-state index contributed by atoms with van der Waals surface area (Å²) in [7, 11) is 0. The first-order valence-electron chi connectivity index (χ1n) is 3.33. The van der Waals surface area contributed by atoms with Crippen LogP contribution in [0.2, 0.25) is 0 Å². The van der Waals surface area contributed by atoms with Crippen LogP contribution < -0.4 is 11.5 Å². The summed E-state index contributed by atoms with van der Waals surface area (Å²) >= 11 is 0. The lowest BCUT2D eigenvalue weighted by atomic mass is 10.3. The Kier molecular flexibility index (Phi) is 3.52. The van der Waals surface area contributed by atoms with Gasteiger partial charge in [-0.15, -0.1) is 0 Å². The fourth-order valence-corrected chi connectivity index (χ4v) is 0.777. The molecule has 0 aliphatic carbocycles. The van der Waals surface area contributed by atoms with Crippen LogP contribution in [0.3, 0.4) is 0 Å². The van der Waals surface area contributed by atoms with E-state index in [1.807, 2.05) is 0 Å². The minimum atomic E-state index is -1.46. The molecule has 0 spiro atoms. The topological polar surface area (TPSA) is 184 Å². The summed E-state index contributed by atoms with van der Waals surface area (Å²) in [5.74, 6) is -3.75. The Labute approximate surface area is 82.7 Å². The lowest BCUT2D eigenvalue weighted by molar-refractivity contribution is 0.0686. The summed E-state index contributed by atoms with van der Waals surface area (Å²) in [5.41, 5.74) is 9.07. The monoisotopic (exact) mass is 216 g/mol.